The topological polar surface area (TPSA) is 87.5 Å². The first-order valence-electron chi connectivity index (χ1n) is 10.2. The molecule has 0 unspecified atom stereocenters. The van der Waals surface area contributed by atoms with Crippen molar-refractivity contribution in [1.29, 1.82) is 0 Å². The smallest absolute Gasteiger partial charge is 0.545 e. The molecule has 0 saturated carbocycles. The Morgan fingerprint density at radius 1 is 1.09 bits per heavy atom. The molecule has 1 amide bonds. The standard InChI is InChI=1S/C24H25N3O4.Li/c1-24(2,3)31-23(30)26-13-5-7-17(14-26)16-9-11-19(12-10-16)27-15-18-6-4-8-20(22(28)29)21(18)25-27;/h4,6,8-12,14-15H,5,7,13H2,1-3H3,(H,28,29);/q;+1/p-1. The summed E-state index contributed by atoms with van der Waals surface area (Å²) < 4.78 is 7.13. The van der Waals surface area contributed by atoms with Gasteiger partial charge >= 0.3 is 25.0 Å². The summed E-state index contributed by atoms with van der Waals surface area (Å²) in [6.45, 7) is 6.20. The maximum Gasteiger partial charge on any atom is 1.00 e. The Kier molecular flexibility index (Phi) is 6.82. The fourth-order valence-electron chi connectivity index (χ4n) is 3.61. The Morgan fingerprint density at radius 3 is 2.47 bits per heavy atom. The number of hydrogen-bond acceptors (Lipinski definition) is 5. The minimum Gasteiger partial charge on any atom is -0.545 e. The molecule has 0 aliphatic carbocycles. The van der Waals surface area contributed by atoms with Crippen LogP contribution in [-0.4, -0.2) is 38.9 Å². The van der Waals surface area contributed by atoms with Gasteiger partial charge in [-0.05, 0) is 56.9 Å². The number of aromatic carboxylic acids is 1. The molecule has 3 aromatic rings. The molecular formula is C24H24LiN3O4. The third-order valence-electron chi connectivity index (χ3n) is 5.04. The molecule has 32 heavy (non-hydrogen) atoms. The number of carbonyl (C=O) groups excluding carboxylic acids is 2. The number of rotatable bonds is 3. The molecule has 2 heterocycles. The van der Waals surface area contributed by atoms with Crippen molar-refractivity contribution in [1.82, 2.24) is 14.7 Å². The fraction of sp³-hybridized carbons (Fsp3) is 0.292. The van der Waals surface area contributed by atoms with Crippen LogP contribution in [0.15, 0.2) is 54.9 Å². The van der Waals surface area contributed by atoms with Gasteiger partial charge in [-0.3, -0.25) is 4.90 Å². The second-order valence-corrected chi connectivity index (χ2v) is 8.58. The number of benzene rings is 2. The Hall–Kier alpha value is -3.01. The van der Waals surface area contributed by atoms with Crippen LogP contribution in [0.3, 0.4) is 0 Å². The molecule has 0 radical (unpaired) electrons. The van der Waals surface area contributed by atoms with Gasteiger partial charge in [-0.25, -0.2) is 9.48 Å². The van der Waals surface area contributed by atoms with E-state index in [1.54, 1.807) is 21.8 Å². The van der Waals surface area contributed by atoms with Gasteiger partial charge in [-0.1, -0.05) is 30.3 Å². The van der Waals surface area contributed by atoms with E-state index in [1.807, 2.05) is 57.3 Å². The van der Waals surface area contributed by atoms with E-state index in [0.717, 1.165) is 35.1 Å². The number of ether oxygens (including phenoxy) is 1. The zero-order chi connectivity index (χ0) is 22.2. The van der Waals surface area contributed by atoms with Gasteiger partial charge in [-0.15, -0.1) is 0 Å². The van der Waals surface area contributed by atoms with Crippen LogP contribution in [0.1, 0.15) is 49.5 Å². The molecule has 0 bridgehead atoms. The van der Waals surface area contributed by atoms with Gasteiger partial charge in [0.15, 0.2) is 0 Å². The largest absolute Gasteiger partial charge is 1.00 e. The molecule has 0 spiro atoms. The SMILES string of the molecule is CC(C)(C)OC(=O)N1C=C(c2ccc(-n3cc4cccc(C(=O)[O-])c4n3)cc2)CCC1.[Li+]. The maximum atomic E-state index is 12.4. The molecule has 1 aliphatic rings. The van der Waals surface area contributed by atoms with Crippen molar-refractivity contribution in [2.45, 2.75) is 39.2 Å². The van der Waals surface area contributed by atoms with Gasteiger partial charge in [-0.2, -0.15) is 5.10 Å². The number of amides is 1. The van der Waals surface area contributed by atoms with Gasteiger partial charge in [0.05, 0.1) is 11.7 Å². The van der Waals surface area contributed by atoms with E-state index in [4.69, 9.17) is 4.74 Å². The summed E-state index contributed by atoms with van der Waals surface area (Å²) in [6, 6.07) is 12.8. The molecule has 0 N–H and O–H groups in total. The quantitative estimate of drug-likeness (QED) is 0.579. The predicted octanol–water partition coefficient (Wildman–Crippen LogP) is 0.765. The Bertz CT molecular complexity index is 1180. The minimum absolute atomic E-state index is 0. The van der Waals surface area contributed by atoms with Crippen LogP contribution in [-0.2, 0) is 4.74 Å². The number of carboxylic acids is 1. The van der Waals surface area contributed by atoms with E-state index in [0.29, 0.717) is 12.1 Å². The molecule has 0 atom stereocenters. The number of hydrogen-bond donors (Lipinski definition) is 0. The van der Waals surface area contributed by atoms with Crippen molar-refractivity contribution in [3.63, 3.8) is 0 Å². The second-order valence-electron chi connectivity index (χ2n) is 8.58. The minimum atomic E-state index is -1.25. The molecule has 1 aliphatic heterocycles. The monoisotopic (exact) mass is 425 g/mol. The molecule has 0 fully saturated rings. The number of fused-ring (bicyclic) bond motifs is 1. The Morgan fingerprint density at radius 2 is 1.81 bits per heavy atom. The van der Waals surface area contributed by atoms with Crippen LogP contribution in [0.2, 0.25) is 0 Å². The third-order valence-corrected chi connectivity index (χ3v) is 5.04. The number of carbonyl (C=O) groups is 2. The molecule has 2 aromatic carbocycles. The van der Waals surface area contributed by atoms with Crippen LogP contribution in [0.4, 0.5) is 4.79 Å². The van der Waals surface area contributed by atoms with Crippen molar-refractivity contribution in [2.24, 2.45) is 0 Å². The van der Waals surface area contributed by atoms with E-state index in [-0.39, 0.29) is 30.5 Å². The maximum absolute atomic E-state index is 12.4. The van der Waals surface area contributed by atoms with Gasteiger partial charge in [0, 0.05) is 29.9 Å². The summed E-state index contributed by atoms with van der Waals surface area (Å²) >= 11 is 0. The number of carboxylic acid groups (broad SMARTS) is 1. The first kappa shape index (κ1) is 23.6. The van der Waals surface area contributed by atoms with Gasteiger partial charge < -0.3 is 14.6 Å². The summed E-state index contributed by atoms with van der Waals surface area (Å²) in [4.78, 5) is 25.3. The second kappa shape index (κ2) is 9.23. The summed E-state index contributed by atoms with van der Waals surface area (Å²) in [5, 5.41) is 16.5. The van der Waals surface area contributed by atoms with Crippen molar-refractivity contribution in [3.05, 3.63) is 66.0 Å². The number of aromatic nitrogens is 2. The van der Waals surface area contributed by atoms with Crippen LogP contribution < -0.4 is 24.0 Å². The van der Waals surface area contributed by atoms with E-state index < -0.39 is 11.6 Å². The first-order chi connectivity index (χ1) is 14.7. The number of nitrogens with zero attached hydrogens (tertiary/aromatic N) is 3. The molecular weight excluding hydrogens is 401 g/mol. The zero-order valence-corrected chi connectivity index (χ0v) is 18.8. The van der Waals surface area contributed by atoms with Crippen LogP contribution in [0.25, 0.3) is 22.2 Å². The normalized spacial score (nSPS) is 14.0. The van der Waals surface area contributed by atoms with Crippen molar-refractivity contribution < 1.29 is 38.3 Å². The van der Waals surface area contributed by atoms with Crippen LogP contribution in [0.5, 0.6) is 0 Å². The molecule has 8 heteroatoms. The van der Waals surface area contributed by atoms with Gasteiger partial charge in [0.2, 0.25) is 0 Å². The van der Waals surface area contributed by atoms with Crippen LogP contribution in [0, 0.1) is 0 Å². The van der Waals surface area contributed by atoms with Crippen molar-refractivity contribution in [2.75, 3.05) is 6.54 Å². The fourth-order valence-corrected chi connectivity index (χ4v) is 3.61. The summed E-state index contributed by atoms with van der Waals surface area (Å²) in [6.07, 6.45) is 5.05. The first-order valence-corrected chi connectivity index (χ1v) is 10.2. The molecule has 1 aromatic heterocycles. The van der Waals surface area contributed by atoms with Gasteiger partial charge in [0.1, 0.15) is 11.1 Å². The third kappa shape index (κ3) is 5.06. The Labute approximate surface area is 198 Å². The van der Waals surface area contributed by atoms with E-state index in [2.05, 4.69) is 5.10 Å². The number of allylic oxidation sites excluding steroid dienone is 1. The Balaban J connectivity index is 0.00000289. The summed E-state index contributed by atoms with van der Waals surface area (Å²) in [5.74, 6) is -1.25. The van der Waals surface area contributed by atoms with E-state index in [9.17, 15) is 14.7 Å². The van der Waals surface area contributed by atoms with Crippen molar-refractivity contribution >= 4 is 28.5 Å². The van der Waals surface area contributed by atoms with Gasteiger partial charge in [0.25, 0.3) is 0 Å². The zero-order valence-electron chi connectivity index (χ0n) is 18.8. The summed E-state index contributed by atoms with van der Waals surface area (Å²) in [5.41, 5.74) is 2.83. The summed E-state index contributed by atoms with van der Waals surface area (Å²) in [7, 11) is 0. The molecule has 7 nitrogen and oxygen atoms in total. The van der Waals surface area contributed by atoms with E-state index in [1.165, 1.54) is 6.07 Å². The molecule has 160 valence electrons. The molecule has 4 rings (SSSR count). The van der Waals surface area contributed by atoms with Crippen molar-refractivity contribution in [3.8, 4) is 5.69 Å². The molecule has 0 saturated heterocycles. The predicted molar refractivity (Wildman–Crippen MR) is 116 cm³/mol. The average molecular weight is 425 g/mol. The van der Waals surface area contributed by atoms with Crippen LogP contribution >= 0.6 is 0 Å². The van der Waals surface area contributed by atoms with E-state index >= 15 is 0 Å². The average Bonchev–Trinajstić information content (AvgIpc) is 3.17.